The van der Waals surface area contributed by atoms with Crippen molar-refractivity contribution < 1.29 is 18.5 Å². The molecule has 0 unspecified atom stereocenters. The molecule has 0 heterocycles. The Morgan fingerprint density at radius 3 is 1.80 bits per heavy atom. The minimum absolute atomic E-state index is 0.347. The first-order valence-corrected chi connectivity index (χ1v) is 3.14. The molecule has 0 aromatic carbocycles. The van der Waals surface area contributed by atoms with Crippen LogP contribution >= 0.6 is 0 Å². The molecular weight excluding hydrogens is 152 g/mol. The number of ether oxygens (including phenoxy) is 1. The summed E-state index contributed by atoms with van der Waals surface area (Å²) in [6.07, 6.45) is 0. The zero-order valence-electron chi connectivity index (χ0n) is 5.84. The molecule has 0 atom stereocenters. The van der Waals surface area contributed by atoms with E-state index in [1.807, 2.05) is 0 Å². The zero-order chi connectivity index (χ0) is 8.57. The number of hydrogen-bond acceptors (Lipinski definition) is 4. The zero-order valence-corrected chi connectivity index (χ0v) is 6.84. The lowest BCUT2D eigenvalue weighted by molar-refractivity contribution is -0.136. The SMILES string of the molecule is C=C(C)C(=O)OC.O=[Si]=O. The minimum atomic E-state index is -1.42. The van der Waals surface area contributed by atoms with Gasteiger partial charge in [0.05, 0.1) is 7.11 Å². The van der Waals surface area contributed by atoms with Gasteiger partial charge in [-0.1, -0.05) is 6.58 Å². The molecule has 4 nitrogen and oxygen atoms in total. The molecule has 0 spiro atoms. The van der Waals surface area contributed by atoms with Gasteiger partial charge in [0.2, 0.25) is 0 Å². The fourth-order valence-corrected chi connectivity index (χ4v) is 0.174. The number of carbonyl (C=O) groups is 1. The minimum Gasteiger partial charge on any atom is -0.466 e. The highest BCUT2D eigenvalue weighted by Gasteiger charge is 1.95. The molecule has 0 aromatic rings. The fraction of sp³-hybridized carbons (Fsp3) is 0.400. The maximum absolute atomic E-state index is 10.2. The first-order valence-electron chi connectivity index (χ1n) is 2.33. The van der Waals surface area contributed by atoms with Gasteiger partial charge in [0, 0.05) is 5.57 Å². The van der Waals surface area contributed by atoms with Gasteiger partial charge in [-0.05, 0) is 6.92 Å². The van der Waals surface area contributed by atoms with Crippen molar-refractivity contribution in [1.82, 2.24) is 0 Å². The van der Waals surface area contributed by atoms with Gasteiger partial charge >= 0.3 is 15.3 Å². The number of hydrogen-bond donors (Lipinski definition) is 0. The molecule has 0 saturated carbocycles. The molecule has 0 N–H and O–H groups in total. The Kier molecular flexibility index (Phi) is 9.45. The van der Waals surface area contributed by atoms with Crippen LogP contribution in [0.2, 0.25) is 0 Å². The molecule has 10 heavy (non-hydrogen) atoms. The molecule has 0 aliphatic heterocycles. The van der Waals surface area contributed by atoms with Gasteiger partial charge < -0.3 is 4.74 Å². The normalized spacial score (nSPS) is 6.20. The summed E-state index contributed by atoms with van der Waals surface area (Å²) in [4.78, 5) is 10.2. The second-order valence-corrected chi connectivity index (χ2v) is 1.52. The summed E-state index contributed by atoms with van der Waals surface area (Å²) < 4.78 is 21.1. The average molecular weight is 160 g/mol. The average Bonchev–Trinajstić information content (AvgIpc) is 1.88. The standard InChI is InChI=1S/C5H8O2.O2Si/c1-4(2)5(6)7-3;1-3-2/h1H2,2-3H3;. The lowest BCUT2D eigenvalue weighted by atomic mass is 10.4. The maximum Gasteiger partial charge on any atom is 0.549 e. The highest BCUT2D eigenvalue weighted by atomic mass is 28.2. The summed E-state index contributed by atoms with van der Waals surface area (Å²) in [7, 11) is -0.0863. The predicted molar refractivity (Wildman–Crippen MR) is 34.0 cm³/mol. The monoisotopic (exact) mass is 160 g/mol. The Morgan fingerprint density at radius 2 is 1.80 bits per heavy atom. The smallest absolute Gasteiger partial charge is 0.466 e. The van der Waals surface area contributed by atoms with Crippen molar-refractivity contribution >= 4 is 15.3 Å². The summed E-state index contributed by atoms with van der Waals surface area (Å²) in [5, 5.41) is 0. The van der Waals surface area contributed by atoms with Crippen molar-refractivity contribution in [2.75, 3.05) is 7.11 Å². The number of methoxy groups -OCH3 is 1. The predicted octanol–water partition coefficient (Wildman–Crippen LogP) is 0.117. The molecule has 0 fully saturated rings. The molecule has 0 radical (unpaired) electrons. The molecule has 0 bridgehead atoms. The van der Waals surface area contributed by atoms with Gasteiger partial charge in [0.15, 0.2) is 0 Å². The summed E-state index contributed by atoms with van der Waals surface area (Å²) in [5.41, 5.74) is 0.433. The van der Waals surface area contributed by atoms with Crippen LogP contribution in [-0.2, 0) is 18.5 Å². The van der Waals surface area contributed by atoms with E-state index in [1.54, 1.807) is 6.92 Å². The molecule has 0 rings (SSSR count). The molecule has 0 aliphatic rings. The third kappa shape index (κ3) is 10.1. The third-order valence-electron chi connectivity index (χ3n) is 0.534. The van der Waals surface area contributed by atoms with Gasteiger partial charge in [0.1, 0.15) is 0 Å². The Balaban J connectivity index is 0. The summed E-state index contributed by atoms with van der Waals surface area (Å²) >= 11 is 0. The molecule has 0 aliphatic carbocycles. The number of esters is 1. The summed E-state index contributed by atoms with van der Waals surface area (Å²) in [6.45, 7) is 4.95. The van der Waals surface area contributed by atoms with Crippen LogP contribution in [0.25, 0.3) is 0 Å². The van der Waals surface area contributed by atoms with E-state index in [9.17, 15) is 4.79 Å². The first-order chi connectivity index (χ1) is 4.59. The van der Waals surface area contributed by atoms with E-state index in [0.717, 1.165) is 0 Å². The molecular formula is C5H8O4Si. The largest absolute Gasteiger partial charge is 0.549 e. The second kappa shape index (κ2) is 8.03. The van der Waals surface area contributed by atoms with Crippen LogP contribution in [0.5, 0.6) is 0 Å². The van der Waals surface area contributed by atoms with Crippen molar-refractivity contribution in [3.8, 4) is 0 Å². The number of rotatable bonds is 1. The van der Waals surface area contributed by atoms with Crippen LogP contribution in [-0.4, -0.2) is 22.4 Å². The van der Waals surface area contributed by atoms with E-state index in [4.69, 9.17) is 8.92 Å². The lowest BCUT2D eigenvalue weighted by Crippen LogP contribution is -1.98. The van der Waals surface area contributed by atoms with Crippen molar-refractivity contribution in [3.63, 3.8) is 0 Å². The van der Waals surface area contributed by atoms with Crippen LogP contribution < -0.4 is 0 Å². The third-order valence-corrected chi connectivity index (χ3v) is 0.534. The van der Waals surface area contributed by atoms with E-state index in [0.29, 0.717) is 5.57 Å². The van der Waals surface area contributed by atoms with Gasteiger partial charge in [-0.15, -0.1) is 0 Å². The van der Waals surface area contributed by atoms with E-state index >= 15 is 0 Å². The van der Waals surface area contributed by atoms with Crippen molar-refractivity contribution in [3.05, 3.63) is 12.2 Å². The highest BCUT2D eigenvalue weighted by Crippen LogP contribution is 1.87. The maximum atomic E-state index is 10.2. The van der Waals surface area contributed by atoms with E-state index < -0.39 is 9.29 Å². The van der Waals surface area contributed by atoms with Crippen molar-refractivity contribution in [2.24, 2.45) is 0 Å². The van der Waals surface area contributed by atoms with Crippen LogP contribution in [0.4, 0.5) is 0 Å². The lowest BCUT2D eigenvalue weighted by Gasteiger charge is -1.91. The van der Waals surface area contributed by atoms with E-state index in [2.05, 4.69) is 11.3 Å². The molecule has 0 amide bonds. The Bertz CT molecular complexity index is 157. The summed E-state index contributed by atoms with van der Waals surface area (Å²) in [5.74, 6) is -0.347. The van der Waals surface area contributed by atoms with E-state index in [1.165, 1.54) is 7.11 Å². The van der Waals surface area contributed by atoms with Crippen LogP contribution in [0.3, 0.4) is 0 Å². The molecule has 56 valence electrons. The highest BCUT2D eigenvalue weighted by molar-refractivity contribution is 5.94. The fourth-order valence-electron chi connectivity index (χ4n) is 0.174. The quantitative estimate of drug-likeness (QED) is 0.310. The van der Waals surface area contributed by atoms with Crippen molar-refractivity contribution in [2.45, 2.75) is 6.92 Å². The van der Waals surface area contributed by atoms with Crippen LogP contribution in [0.15, 0.2) is 12.2 Å². The van der Waals surface area contributed by atoms with E-state index in [-0.39, 0.29) is 5.97 Å². The van der Waals surface area contributed by atoms with Gasteiger partial charge in [-0.25, -0.2) is 4.79 Å². The molecule has 0 aromatic heterocycles. The topological polar surface area (TPSA) is 60.4 Å². The van der Waals surface area contributed by atoms with Gasteiger partial charge in [-0.3, -0.25) is 8.92 Å². The Morgan fingerprint density at radius 1 is 1.50 bits per heavy atom. The number of carbonyl (C=O) groups excluding carboxylic acids is 1. The molecule has 0 saturated heterocycles. The summed E-state index contributed by atoms with van der Waals surface area (Å²) in [6, 6.07) is 0. The van der Waals surface area contributed by atoms with Crippen LogP contribution in [0.1, 0.15) is 6.92 Å². The Labute approximate surface area is 60.8 Å². The first kappa shape index (κ1) is 11.8. The van der Waals surface area contributed by atoms with Gasteiger partial charge in [0.25, 0.3) is 0 Å². The van der Waals surface area contributed by atoms with Gasteiger partial charge in [-0.2, -0.15) is 0 Å². The van der Waals surface area contributed by atoms with Crippen molar-refractivity contribution in [1.29, 1.82) is 0 Å². The van der Waals surface area contributed by atoms with Crippen LogP contribution in [0, 0.1) is 0 Å². The second-order valence-electron chi connectivity index (χ2n) is 1.36. The Hall–Kier alpha value is -0.973. The molecule has 5 heteroatoms.